The van der Waals surface area contributed by atoms with Crippen LogP contribution in [0.15, 0.2) is 36.5 Å². The fraction of sp³-hybridized carbons (Fsp3) is 0.417. The van der Waals surface area contributed by atoms with E-state index in [2.05, 4.69) is 60.1 Å². The summed E-state index contributed by atoms with van der Waals surface area (Å²) in [7, 11) is 2.06. The number of aromatic hydroxyl groups is 2. The summed E-state index contributed by atoms with van der Waals surface area (Å²) < 4.78 is 0. The van der Waals surface area contributed by atoms with Gasteiger partial charge in [-0.15, -0.1) is 10.2 Å². The predicted octanol–water partition coefficient (Wildman–Crippen LogP) is 3.55. The lowest BCUT2D eigenvalue weighted by Gasteiger charge is -2.49. The minimum atomic E-state index is -0.250. The van der Waals surface area contributed by atoms with Gasteiger partial charge in [0.15, 0.2) is 5.82 Å². The smallest absolute Gasteiger partial charge is 0.290 e. The standard InChI is InChI=1S/C23H29N5O2.CH2O2/c1-22(2)11-15(12-23(3,4)27-22)28(5)21-7-6-18(25-26-21)17-9-14-8-16(29)13-24-19(14)10-20(17)30;2-1-3/h6-10,13,15,27,29-30H,11-12H2,1-5H3;1H,(H,2,3). The molecule has 9 heteroatoms. The topological polar surface area (TPSA) is 132 Å². The molecule has 0 bridgehead atoms. The number of benzene rings is 1. The van der Waals surface area contributed by atoms with Crippen LogP contribution in [0, 0.1) is 0 Å². The summed E-state index contributed by atoms with van der Waals surface area (Å²) in [5.41, 5.74) is 1.82. The number of anilines is 1. The molecule has 0 radical (unpaired) electrons. The quantitative estimate of drug-likeness (QED) is 0.440. The van der Waals surface area contributed by atoms with Crippen molar-refractivity contribution in [3.63, 3.8) is 0 Å². The molecule has 0 spiro atoms. The largest absolute Gasteiger partial charge is 0.507 e. The maximum atomic E-state index is 10.4. The average molecular weight is 454 g/mol. The molecule has 4 N–H and O–H groups in total. The van der Waals surface area contributed by atoms with Crippen LogP contribution in [0.5, 0.6) is 11.5 Å². The van der Waals surface area contributed by atoms with E-state index < -0.39 is 0 Å². The first-order valence-corrected chi connectivity index (χ1v) is 10.7. The zero-order valence-electron chi connectivity index (χ0n) is 19.6. The van der Waals surface area contributed by atoms with Crippen LogP contribution in [-0.2, 0) is 4.79 Å². The highest BCUT2D eigenvalue weighted by atomic mass is 16.3. The Kier molecular flexibility index (Phi) is 6.73. The van der Waals surface area contributed by atoms with Crippen molar-refractivity contribution in [1.82, 2.24) is 20.5 Å². The third kappa shape index (κ3) is 5.67. The molecule has 1 saturated heterocycles. The third-order valence-electron chi connectivity index (χ3n) is 5.79. The molecule has 1 fully saturated rings. The Balaban J connectivity index is 0.000000968. The first kappa shape index (κ1) is 24.2. The normalized spacial score (nSPS) is 17.1. The number of hydrogen-bond donors (Lipinski definition) is 4. The fourth-order valence-corrected chi connectivity index (χ4v) is 4.75. The zero-order valence-corrected chi connectivity index (χ0v) is 19.6. The summed E-state index contributed by atoms with van der Waals surface area (Å²) in [4.78, 5) is 14.7. The number of rotatable bonds is 3. The summed E-state index contributed by atoms with van der Waals surface area (Å²) in [6.45, 7) is 8.69. The number of fused-ring (bicyclic) bond motifs is 1. The minimum absolute atomic E-state index is 0.0462. The van der Waals surface area contributed by atoms with Gasteiger partial charge in [-0.05, 0) is 64.8 Å². The Morgan fingerprint density at radius 1 is 1.06 bits per heavy atom. The van der Waals surface area contributed by atoms with Gasteiger partial charge >= 0.3 is 0 Å². The predicted molar refractivity (Wildman–Crippen MR) is 128 cm³/mol. The number of hydrogen-bond acceptors (Lipinski definition) is 8. The Morgan fingerprint density at radius 2 is 1.70 bits per heavy atom. The molecule has 9 nitrogen and oxygen atoms in total. The lowest BCUT2D eigenvalue weighted by molar-refractivity contribution is -0.122. The van der Waals surface area contributed by atoms with Crippen LogP contribution in [0.1, 0.15) is 40.5 Å². The molecule has 4 rings (SSSR count). The highest BCUT2D eigenvalue weighted by Crippen LogP contribution is 2.35. The highest BCUT2D eigenvalue weighted by Gasteiger charge is 2.39. The van der Waals surface area contributed by atoms with E-state index in [0.717, 1.165) is 24.0 Å². The van der Waals surface area contributed by atoms with Gasteiger partial charge in [-0.1, -0.05) is 0 Å². The number of nitrogens with zero attached hydrogens (tertiary/aromatic N) is 4. The summed E-state index contributed by atoms with van der Waals surface area (Å²) in [5, 5.41) is 40.3. The van der Waals surface area contributed by atoms with Crippen molar-refractivity contribution in [1.29, 1.82) is 0 Å². The van der Waals surface area contributed by atoms with Crippen molar-refractivity contribution in [3.8, 4) is 22.8 Å². The maximum Gasteiger partial charge on any atom is 0.290 e. The molecule has 0 aliphatic carbocycles. The van der Waals surface area contributed by atoms with Crippen LogP contribution >= 0.6 is 0 Å². The number of phenolic OH excluding ortho intramolecular Hbond substituents is 1. The number of carboxylic acid groups (broad SMARTS) is 1. The molecular formula is C24H31N5O4. The van der Waals surface area contributed by atoms with Gasteiger partial charge < -0.3 is 25.5 Å². The number of carbonyl (C=O) groups is 1. The number of phenols is 1. The van der Waals surface area contributed by atoms with Gasteiger partial charge in [-0.3, -0.25) is 9.78 Å². The van der Waals surface area contributed by atoms with E-state index in [0.29, 0.717) is 22.8 Å². The van der Waals surface area contributed by atoms with Gasteiger partial charge in [-0.2, -0.15) is 0 Å². The molecule has 0 unspecified atom stereocenters. The monoisotopic (exact) mass is 453 g/mol. The lowest BCUT2D eigenvalue weighted by Crippen LogP contribution is -2.62. The average Bonchev–Trinajstić information content (AvgIpc) is 2.71. The van der Waals surface area contributed by atoms with E-state index in [-0.39, 0.29) is 29.0 Å². The lowest BCUT2D eigenvalue weighted by atomic mass is 9.79. The molecule has 0 saturated carbocycles. The van der Waals surface area contributed by atoms with Crippen LogP contribution in [0.3, 0.4) is 0 Å². The molecule has 1 aliphatic rings. The first-order chi connectivity index (χ1) is 15.4. The number of piperidine rings is 1. The Hall–Kier alpha value is -3.46. The van der Waals surface area contributed by atoms with Gasteiger partial charge in [0.25, 0.3) is 6.47 Å². The number of pyridine rings is 1. The van der Waals surface area contributed by atoms with Crippen molar-refractivity contribution in [2.24, 2.45) is 0 Å². The van der Waals surface area contributed by atoms with E-state index in [1.165, 1.54) is 6.20 Å². The fourth-order valence-electron chi connectivity index (χ4n) is 4.75. The van der Waals surface area contributed by atoms with Crippen LogP contribution in [0.25, 0.3) is 22.2 Å². The summed E-state index contributed by atoms with van der Waals surface area (Å²) in [6.07, 6.45) is 3.38. The third-order valence-corrected chi connectivity index (χ3v) is 5.79. The van der Waals surface area contributed by atoms with Crippen molar-refractivity contribution in [3.05, 3.63) is 36.5 Å². The van der Waals surface area contributed by atoms with Crippen LogP contribution in [0.4, 0.5) is 5.82 Å². The van der Waals surface area contributed by atoms with Gasteiger partial charge in [0, 0.05) is 41.2 Å². The molecule has 176 valence electrons. The van der Waals surface area contributed by atoms with E-state index in [1.54, 1.807) is 18.2 Å². The molecule has 1 aliphatic heterocycles. The van der Waals surface area contributed by atoms with E-state index in [9.17, 15) is 10.2 Å². The van der Waals surface area contributed by atoms with Gasteiger partial charge in [-0.25, -0.2) is 0 Å². The minimum Gasteiger partial charge on any atom is -0.507 e. The van der Waals surface area contributed by atoms with Crippen molar-refractivity contribution in [2.75, 3.05) is 11.9 Å². The second kappa shape index (κ2) is 9.19. The molecule has 3 heterocycles. The van der Waals surface area contributed by atoms with Crippen LogP contribution in [-0.4, -0.2) is 61.1 Å². The van der Waals surface area contributed by atoms with Crippen LogP contribution < -0.4 is 10.2 Å². The van der Waals surface area contributed by atoms with Crippen molar-refractivity contribution >= 4 is 23.2 Å². The summed E-state index contributed by atoms with van der Waals surface area (Å²) >= 11 is 0. The van der Waals surface area contributed by atoms with E-state index >= 15 is 0 Å². The van der Waals surface area contributed by atoms with E-state index in [4.69, 9.17) is 9.90 Å². The van der Waals surface area contributed by atoms with Crippen LogP contribution in [0.2, 0.25) is 0 Å². The highest BCUT2D eigenvalue weighted by molar-refractivity contribution is 5.88. The summed E-state index contributed by atoms with van der Waals surface area (Å²) in [6, 6.07) is 9.11. The second-order valence-corrected chi connectivity index (χ2v) is 9.70. The van der Waals surface area contributed by atoms with Gasteiger partial charge in [0.2, 0.25) is 0 Å². The summed E-state index contributed by atoms with van der Waals surface area (Å²) in [5.74, 6) is 0.963. The first-order valence-electron chi connectivity index (χ1n) is 10.7. The Labute approximate surface area is 193 Å². The Bertz CT molecular complexity index is 1120. The molecule has 0 amide bonds. The molecule has 2 aromatic heterocycles. The maximum absolute atomic E-state index is 10.4. The molecular weight excluding hydrogens is 422 g/mol. The number of aromatic nitrogens is 3. The molecule has 1 aromatic carbocycles. The van der Waals surface area contributed by atoms with Gasteiger partial charge in [0.1, 0.15) is 11.5 Å². The van der Waals surface area contributed by atoms with E-state index in [1.807, 2.05) is 12.1 Å². The second-order valence-electron chi connectivity index (χ2n) is 9.70. The molecule has 3 aromatic rings. The van der Waals surface area contributed by atoms with Crippen molar-refractivity contribution in [2.45, 2.75) is 57.7 Å². The zero-order chi connectivity index (χ0) is 24.4. The molecule has 0 atom stereocenters. The molecule has 33 heavy (non-hydrogen) atoms. The SMILES string of the molecule is CN(c1ccc(-c2cc3cc(O)cnc3cc2O)nn1)C1CC(C)(C)NC(C)(C)C1.O=CO. The van der Waals surface area contributed by atoms with Gasteiger partial charge in [0.05, 0.1) is 17.4 Å². The van der Waals surface area contributed by atoms with Crippen molar-refractivity contribution < 1.29 is 20.1 Å². The number of nitrogens with one attached hydrogen (secondary N) is 1. The Morgan fingerprint density at radius 3 is 2.27 bits per heavy atom.